The zero-order chi connectivity index (χ0) is 11.8. The van der Waals surface area contributed by atoms with Gasteiger partial charge in [0, 0.05) is 6.54 Å². The molecule has 2 atom stereocenters. The number of rotatable bonds is 5. The molecule has 2 aliphatic rings. The first-order valence-electron chi connectivity index (χ1n) is 6.69. The minimum Gasteiger partial charge on any atom is -0.326 e. The number of amides is 1. The van der Waals surface area contributed by atoms with Crippen LogP contribution in [0.1, 0.15) is 52.9 Å². The molecule has 0 bridgehead atoms. The number of hydrogen-bond acceptors (Lipinski definition) is 2. The van der Waals surface area contributed by atoms with E-state index in [9.17, 15) is 4.79 Å². The van der Waals surface area contributed by atoms with Crippen molar-refractivity contribution >= 4 is 5.91 Å². The van der Waals surface area contributed by atoms with E-state index >= 15 is 0 Å². The normalized spacial score (nSPS) is 34.8. The first-order chi connectivity index (χ1) is 7.60. The van der Waals surface area contributed by atoms with Crippen molar-refractivity contribution < 1.29 is 4.79 Å². The summed E-state index contributed by atoms with van der Waals surface area (Å²) in [6.45, 7) is 7.22. The van der Waals surface area contributed by atoms with Crippen molar-refractivity contribution in [3.63, 3.8) is 0 Å². The Labute approximate surface area is 98.6 Å². The Morgan fingerprint density at radius 1 is 1.44 bits per heavy atom. The van der Waals surface area contributed by atoms with E-state index in [-0.39, 0.29) is 11.7 Å². The van der Waals surface area contributed by atoms with Gasteiger partial charge in [-0.2, -0.15) is 0 Å². The van der Waals surface area contributed by atoms with Gasteiger partial charge in [-0.05, 0) is 32.1 Å². The molecule has 1 heterocycles. The molecule has 3 nitrogen and oxygen atoms in total. The van der Waals surface area contributed by atoms with Crippen molar-refractivity contribution in [1.82, 2.24) is 10.2 Å². The fourth-order valence-corrected chi connectivity index (χ4v) is 2.53. The Bertz CT molecular complexity index is 275. The molecule has 2 rings (SSSR count). The molecule has 2 unspecified atom stereocenters. The fraction of sp³-hybridized carbons (Fsp3) is 0.923. The van der Waals surface area contributed by atoms with Crippen molar-refractivity contribution in [3.05, 3.63) is 0 Å². The van der Waals surface area contributed by atoms with Crippen LogP contribution in [-0.2, 0) is 4.79 Å². The smallest absolute Gasteiger partial charge is 0.243 e. The van der Waals surface area contributed by atoms with Crippen LogP contribution in [0.5, 0.6) is 0 Å². The van der Waals surface area contributed by atoms with Crippen LogP contribution >= 0.6 is 0 Å². The fourth-order valence-electron chi connectivity index (χ4n) is 2.53. The maximum Gasteiger partial charge on any atom is 0.243 e. The molecule has 1 N–H and O–H groups in total. The van der Waals surface area contributed by atoms with Gasteiger partial charge >= 0.3 is 0 Å². The predicted molar refractivity (Wildman–Crippen MR) is 65.0 cm³/mol. The van der Waals surface area contributed by atoms with Crippen LogP contribution in [0, 0.1) is 5.92 Å². The SMILES string of the molecule is CCC1NC(C)(CC)C(=O)N1CCC1CC1. The van der Waals surface area contributed by atoms with Crippen molar-refractivity contribution in [2.75, 3.05) is 6.54 Å². The molecule has 16 heavy (non-hydrogen) atoms. The van der Waals surface area contributed by atoms with Gasteiger partial charge in [0.05, 0.1) is 11.7 Å². The van der Waals surface area contributed by atoms with Crippen LogP contribution in [0.15, 0.2) is 0 Å². The highest BCUT2D eigenvalue weighted by Crippen LogP contribution is 2.34. The van der Waals surface area contributed by atoms with Crippen LogP contribution in [0.25, 0.3) is 0 Å². The van der Waals surface area contributed by atoms with Crippen molar-refractivity contribution in [1.29, 1.82) is 0 Å². The Morgan fingerprint density at radius 3 is 2.62 bits per heavy atom. The summed E-state index contributed by atoms with van der Waals surface area (Å²) in [4.78, 5) is 14.4. The van der Waals surface area contributed by atoms with Gasteiger partial charge in [-0.25, -0.2) is 0 Å². The second-order valence-electron chi connectivity index (χ2n) is 5.48. The lowest BCUT2D eigenvalue weighted by molar-refractivity contribution is -0.133. The third-order valence-corrected chi connectivity index (χ3v) is 4.16. The highest BCUT2D eigenvalue weighted by atomic mass is 16.2. The van der Waals surface area contributed by atoms with Crippen molar-refractivity contribution in [3.8, 4) is 0 Å². The maximum atomic E-state index is 12.3. The van der Waals surface area contributed by atoms with E-state index in [0.29, 0.717) is 5.91 Å². The lowest BCUT2D eigenvalue weighted by atomic mass is 9.99. The number of carbonyl (C=O) groups is 1. The van der Waals surface area contributed by atoms with E-state index in [1.807, 2.05) is 6.92 Å². The third kappa shape index (κ3) is 2.10. The molecular weight excluding hydrogens is 200 g/mol. The Morgan fingerprint density at radius 2 is 2.12 bits per heavy atom. The molecule has 0 spiro atoms. The largest absolute Gasteiger partial charge is 0.326 e. The van der Waals surface area contributed by atoms with Gasteiger partial charge in [0.25, 0.3) is 0 Å². The third-order valence-electron chi connectivity index (χ3n) is 4.16. The molecule has 1 saturated heterocycles. The van der Waals surface area contributed by atoms with E-state index in [1.165, 1.54) is 19.3 Å². The second kappa shape index (κ2) is 4.36. The number of hydrogen-bond donors (Lipinski definition) is 1. The average molecular weight is 224 g/mol. The zero-order valence-electron chi connectivity index (χ0n) is 10.8. The zero-order valence-corrected chi connectivity index (χ0v) is 10.8. The van der Waals surface area contributed by atoms with Gasteiger partial charge in [-0.15, -0.1) is 0 Å². The van der Waals surface area contributed by atoms with E-state index in [1.54, 1.807) is 0 Å². The maximum absolute atomic E-state index is 12.3. The summed E-state index contributed by atoms with van der Waals surface area (Å²) in [5.41, 5.74) is -0.315. The van der Waals surface area contributed by atoms with E-state index in [4.69, 9.17) is 0 Å². The van der Waals surface area contributed by atoms with Gasteiger partial charge in [0.15, 0.2) is 0 Å². The molecule has 3 heteroatoms. The topological polar surface area (TPSA) is 32.3 Å². The highest BCUT2D eigenvalue weighted by molar-refractivity contribution is 5.88. The van der Waals surface area contributed by atoms with E-state index in [2.05, 4.69) is 24.1 Å². The summed E-state index contributed by atoms with van der Waals surface area (Å²) in [5.74, 6) is 1.21. The van der Waals surface area contributed by atoms with Gasteiger partial charge in [0.1, 0.15) is 0 Å². The molecule has 1 amide bonds. The molecule has 0 radical (unpaired) electrons. The lowest BCUT2D eigenvalue weighted by Crippen LogP contribution is -2.43. The monoisotopic (exact) mass is 224 g/mol. The Kier molecular flexibility index (Phi) is 3.24. The highest BCUT2D eigenvalue weighted by Gasteiger charge is 2.45. The second-order valence-corrected chi connectivity index (χ2v) is 5.48. The standard InChI is InChI=1S/C13H24N2O/c1-4-11-14-13(3,5-2)12(16)15(11)9-8-10-6-7-10/h10-11,14H,4-9H2,1-3H3. The summed E-state index contributed by atoms with van der Waals surface area (Å²) in [5, 5.41) is 3.49. The molecular formula is C13H24N2O. The summed E-state index contributed by atoms with van der Waals surface area (Å²) >= 11 is 0. The quantitative estimate of drug-likeness (QED) is 0.776. The summed E-state index contributed by atoms with van der Waals surface area (Å²) in [6, 6.07) is 0. The van der Waals surface area contributed by atoms with E-state index < -0.39 is 0 Å². The van der Waals surface area contributed by atoms with Crippen LogP contribution < -0.4 is 5.32 Å². The Balaban J connectivity index is 1.99. The minimum absolute atomic E-state index is 0.260. The molecule has 2 fully saturated rings. The molecule has 0 aromatic rings. The lowest BCUT2D eigenvalue weighted by Gasteiger charge is -2.23. The number of nitrogens with zero attached hydrogens (tertiary/aromatic N) is 1. The molecule has 0 aromatic heterocycles. The molecule has 1 saturated carbocycles. The van der Waals surface area contributed by atoms with E-state index in [0.717, 1.165) is 25.3 Å². The predicted octanol–water partition coefficient (Wildman–Crippen LogP) is 2.12. The van der Waals surface area contributed by atoms with Gasteiger partial charge < -0.3 is 4.90 Å². The number of carbonyl (C=O) groups excluding carboxylic acids is 1. The first-order valence-corrected chi connectivity index (χ1v) is 6.69. The van der Waals surface area contributed by atoms with Crippen LogP contribution in [0.2, 0.25) is 0 Å². The summed E-state index contributed by atoms with van der Waals surface area (Å²) in [7, 11) is 0. The molecule has 1 aliphatic carbocycles. The molecule has 1 aliphatic heterocycles. The average Bonchev–Trinajstić information content (AvgIpc) is 3.07. The Hall–Kier alpha value is -0.570. The first kappa shape index (κ1) is 11.9. The van der Waals surface area contributed by atoms with Crippen molar-refractivity contribution in [2.24, 2.45) is 5.92 Å². The van der Waals surface area contributed by atoms with Crippen LogP contribution in [0.3, 0.4) is 0 Å². The molecule has 0 aromatic carbocycles. The van der Waals surface area contributed by atoms with Crippen LogP contribution in [-0.4, -0.2) is 29.1 Å². The van der Waals surface area contributed by atoms with Crippen LogP contribution in [0.4, 0.5) is 0 Å². The van der Waals surface area contributed by atoms with Crippen molar-refractivity contribution in [2.45, 2.75) is 64.6 Å². The molecule has 92 valence electrons. The summed E-state index contributed by atoms with van der Waals surface area (Å²) < 4.78 is 0. The van der Waals surface area contributed by atoms with Gasteiger partial charge in [-0.1, -0.05) is 26.7 Å². The van der Waals surface area contributed by atoms with Gasteiger partial charge in [0.2, 0.25) is 5.91 Å². The number of nitrogens with one attached hydrogen (secondary N) is 1. The summed E-state index contributed by atoms with van der Waals surface area (Å²) in [6.07, 6.45) is 6.09. The van der Waals surface area contributed by atoms with Gasteiger partial charge in [-0.3, -0.25) is 10.1 Å². The minimum atomic E-state index is -0.315.